The van der Waals surface area contributed by atoms with Crippen LogP contribution in [0, 0.1) is 5.92 Å². The second kappa shape index (κ2) is 6.02. The van der Waals surface area contributed by atoms with Gasteiger partial charge in [-0.25, -0.2) is 0 Å². The number of carbonyl (C=O) groups excluding carboxylic acids is 1. The van der Waals surface area contributed by atoms with E-state index in [1.165, 1.54) is 0 Å². The number of likely N-dealkylation sites (N-methyl/N-ethyl adjacent to an activating group) is 1. The number of rotatable bonds is 4. The van der Waals surface area contributed by atoms with Gasteiger partial charge >= 0.3 is 0 Å². The van der Waals surface area contributed by atoms with Crippen molar-refractivity contribution in [3.63, 3.8) is 0 Å². The van der Waals surface area contributed by atoms with Gasteiger partial charge in [-0.05, 0) is 25.0 Å². The number of hydrogen-bond donors (Lipinski definition) is 1. The molecule has 4 nitrogen and oxygen atoms in total. The van der Waals surface area contributed by atoms with Crippen molar-refractivity contribution in [2.75, 3.05) is 19.7 Å². The van der Waals surface area contributed by atoms with E-state index in [0.717, 1.165) is 11.3 Å². The number of ether oxygens (including phenoxy) is 1. The Kier molecular flexibility index (Phi) is 4.37. The van der Waals surface area contributed by atoms with Crippen LogP contribution in [0.25, 0.3) is 0 Å². The van der Waals surface area contributed by atoms with Crippen LogP contribution in [0.1, 0.15) is 12.5 Å². The smallest absolute Gasteiger partial charge is 0.229 e. The summed E-state index contributed by atoms with van der Waals surface area (Å²) in [7, 11) is 0. The van der Waals surface area contributed by atoms with Crippen LogP contribution in [-0.4, -0.2) is 35.5 Å². The van der Waals surface area contributed by atoms with Crippen molar-refractivity contribution < 1.29 is 9.53 Å². The van der Waals surface area contributed by atoms with Crippen LogP contribution in [0.3, 0.4) is 0 Å². The minimum Gasteiger partial charge on any atom is -0.492 e. The number of amides is 1. The largest absolute Gasteiger partial charge is 0.492 e. The first kappa shape index (κ1) is 13.8. The molecule has 1 amide bonds. The molecule has 2 N–H and O–H groups in total. The third-order valence-corrected chi connectivity index (χ3v) is 3.40. The number of benzene rings is 1. The summed E-state index contributed by atoms with van der Waals surface area (Å²) in [6.45, 7) is 3.29. The van der Waals surface area contributed by atoms with E-state index in [-0.39, 0.29) is 11.8 Å². The summed E-state index contributed by atoms with van der Waals surface area (Å²) < 4.78 is 5.65. The molecule has 0 aromatic heterocycles. The maximum Gasteiger partial charge on any atom is 0.229 e. The molecule has 0 aliphatic carbocycles. The third kappa shape index (κ3) is 3.23. The minimum atomic E-state index is -0.149. The van der Waals surface area contributed by atoms with Crippen molar-refractivity contribution in [1.82, 2.24) is 4.90 Å². The van der Waals surface area contributed by atoms with E-state index in [0.29, 0.717) is 31.1 Å². The van der Waals surface area contributed by atoms with Gasteiger partial charge in [-0.3, -0.25) is 4.79 Å². The number of para-hydroxylation sites is 1. The fourth-order valence-electron chi connectivity index (χ4n) is 2.28. The molecule has 1 atom stereocenters. The second-order valence-electron chi connectivity index (χ2n) is 4.64. The third-order valence-electron chi connectivity index (χ3n) is 3.27. The Morgan fingerprint density at radius 3 is 2.95 bits per heavy atom. The van der Waals surface area contributed by atoms with Crippen LogP contribution in [0.2, 0.25) is 0 Å². The molecule has 1 heterocycles. The average molecular weight is 278 g/mol. The molecule has 2 rings (SSSR count). The first-order chi connectivity index (χ1) is 9.11. The Labute approximate surface area is 118 Å². The number of fused-ring (bicyclic) bond motifs is 1. The van der Waals surface area contributed by atoms with E-state index < -0.39 is 0 Å². The van der Waals surface area contributed by atoms with Gasteiger partial charge in [-0.1, -0.05) is 30.4 Å². The van der Waals surface area contributed by atoms with Crippen molar-refractivity contribution in [1.29, 1.82) is 0 Å². The van der Waals surface area contributed by atoms with E-state index in [1.807, 2.05) is 31.2 Å². The van der Waals surface area contributed by atoms with E-state index >= 15 is 0 Å². The van der Waals surface area contributed by atoms with E-state index in [2.05, 4.69) is 0 Å². The fourth-order valence-corrected chi connectivity index (χ4v) is 2.43. The number of thiocarbonyl (C=S) groups is 1. The maximum atomic E-state index is 12.4. The average Bonchev–Trinajstić information content (AvgIpc) is 2.43. The zero-order valence-corrected chi connectivity index (χ0v) is 11.8. The Balaban J connectivity index is 2.07. The van der Waals surface area contributed by atoms with Gasteiger partial charge in [0.15, 0.2) is 0 Å². The number of nitrogens with zero attached hydrogens (tertiary/aromatic N) is 1. The van der Waals surface area contributed by atoms with Crippen LogP contribution in [0.15, 0.2) is 24.3 Å². The Hall–Kier alpha value is -1.62. The van der Waals surface area contributed by atoms with Crippen LogP contribution >= 0.6 is 12.2 Å². The molecule has 1 unspecified atom stereocenters. The lowest BCUT2D eigenvalue weighted by atomic mass is 9.95. The highest BCUT2D eigenvalue weighted by atomic mass is 32.1. The van der Waals surface area contributed by atoms with Gasteiger partial charge in [0, 0.05) is 6.54 Å². The molecular weight excluding hydrogens is 260 g/mol. The summed E-state index contributed by atoms with van der Waals surface area (Å²) in [6.07, 6.45) is 0.711. The standard InChI is InChI=1S/C14H18N2O2S/c1-2-16(8-13(15)19)14(17)11-7-10-5-3-4-6-12(10)18-9-11/h3-6,11H,2,7-9H2,1H3,(H2,15,19). The molecule has 0 saturated carbocycles. The second-order valence-corrected chi connectivity index (χ2v) is 5.16. The van der Waals surface area contributed by atoms with Crippen LogP contribution in [0.5, 0.6) is 5.75 Å². The summed E-state index contributed by atoms with van der Waals surface area (Å²) in [5.41, 5.74) is 6.60. The first-order valence-corrected chi connectivity index (χ1v) is 6.80. The molecule has 0 radical (unpaired) electrons. The van der Waals surface area contributed by atoms with Gasteiger partial charge in [0.1, 0.15) is 12.4 Å². The van der Waals surface area contributed by atoms with Crippen molar-refractivity contribution in [3.05, 3.63) is 29.8 Å². The molecule has 102 valence electrons. The molecule has 1 aromatic rings. The van der Waals surface area contributed by atoms with E-state index in [4.69, 9.17) is 22.7 Å². The van der Waals surface area contributed by atoms with Crippen LogP contribution < -0.4 is 10.5 Å². The van der Waals surface area contributed by atoms with Gasteiger partial charge in [-0.15, -0.1) is 0 Å². The van der Waals surface area contributed by atoms with Crippen molar-refractivity contribution in [3.8, 4) is 5.75 Å². The topological polar surface area (TPSA) is 55.6 Å². The summed E-state index contributed by atoms with van der Waals surface area (Å²) >= 11 is 4.87. The number of hydrogen-bond acceptors (Lipinski definition) is 3. The monoisotopic (exact) mass is 278 g/mol. The summed E-state index contributed by atoms with van der Waals surface area (Å²) in [5.74, 6) is 0.790. The Morgan fingerprint density at radius 2 is 2.26 bits per heavy atom. The molecule has 0 saturated heterocycles. The van der Waals surface area contributed by atoms with Gasteiger partial charge in [0.2, 0.25) is 5.91 Å². The zero-order chi connectivity index (χ0) is 13.8. The highest BCUT2D eigenvalue weighted by Gasteiger charge is 2.28. The van der Waals surface area contributed by atoms with Crippen molar-refractivity contribution in [2.45, 2.75) is 13.3 Å². The fraction of sp³-hybridized carbons (Fsp3) is 0.429. The molecule has 1 aromatic carbocycles. The number of nitrogens with two attached hydrogens (primary N) is 1. The van der Waals surface area contributed by atoms with Gasteiger partial charge in [-0.2, -0.15) is 0 Å². The van der Waals surface area contributed by atoms with Gasteiger partial charge in [0.25, 0.3) is 0 Å². The zero-order valence-electron chi connectivity index (χ0n) is 11.0. The highest BCUT2D eigenvalue weighted by molar-refractivity contribution is 7.80. The molecule has 1 aliphatic rings. The predicted octanol–water partition coefficient (Wildman–Crippen LogP) is 1.37. The SMILES string of the molecule is CCN(CC(N)=S)C(=O)C1COc2ccccc2C1. The van der Waals surface area contributed by atoms with Gasteiger partial charge < -0.3 is 15.4 Å². The summed E-state index contributed by atoms with van der Waals surface area (Å²) in [5, 5.41) is 0. The maximum absolute atomic E-state index is 12.4. The van der Waals surface area contributed by atoms with E-state index in [9.17, 15) is 4.79 Å². The van der Waals surface area contributed by atoms with E-state index in [1.54, 1.807) is 4.90 Å². The molecule has 0 bridgehead atoms. The Bertz CT molecular complexity index is 490. The van der Waals surface area contributed by atoms with Crippen LogP contribution in [-0.2, 0) is 11.2 Å². The van der Waals surface area contributed by atoms with Crippen molar-refractivity contribution in [2.24, 2.45) is 11.7 Å². The summed E-state index contributed by atoms with van der Waals surface area (Å²) in [6, 6.07) is 7.83. The molecular formula is C14H18N2O2S. The highest BCUT2D eigenvalue weighted by Crippen LogP contribution is 2.27. The predicted molar refractivity (Wildman–Crippen MR) is 78.2 cm³/mol. The molecule has 1 aliphatic heterocycles. The molecule has 5 heteroatoms. The van der Waals surface area contributed by atoms with Gasteiger partial charge in [0.05, 0.1) is 17.5 Å². The van der Waals surface area contributed by atoms with Crippen LogP contribution in [0.4, 0.5) is 0 Å². The normalized spacial score (nSPS) is 17.2. The quantitative estimate of drug-likeness (QED) is 0.845. The number of carbonyl (C=O) groups is 1. The molecule has 0 fully saturated rings. The Morgan fingerprint density at radius 1 is 1.53 bits per heavy atom. The molecule has 19 heavy (non-hydrogen) atoms. The molecule has 0 spiro atoms. The van der Waals surface area contributed by atoms with Crippen molar-refractivity contribution >= 4 is 23.1 Å². The lowest BCUT2D eigenvalue weighted by Crippen LogP contribution is -2.44. The summed E-state index contributed by atoms with van der Waals surface area (Å²) in [4.78, 5) is 14.4. The lowest BCUT2D eigenvalue weighted by molar-refractivity contribution is -0.135. The minimum absolute atomic E-state index is 0.0600. The first-order valence-electron chi connectivity index (χ1n) is 6.39. The lowest BCUT2D eigenvalue weighted by Gasteiger charge is -2.29.